The molecule has 0 unspecified atom stereocenters. The van der Waals surface area contributed by atoms with Gasteiger partial charge in [-0.15, -0.1) is 11.3 Å². The molecule has 12 heavy (non-hydrogen) atoms. The van der Waals surface area contributed by atoms with Gasteiger partial charge >= 0.3 is 0 Å². The lowest BCUT2D eigenvalue weighted by atomic mass is 9.91. The van der Waals surface area contributed by atoms with E-state index in [1.807, 2.05) is 0 Å². The van der Waals surface area contributed by atoms with Crippen LogP contribution in [0.5, 0.6) is 0 Å². The highest BCUT2D eigenvalue weighted by molar-refractivity contribution is 7.15. The number of nitrogens with two attached hydrogens (primary N) is 2. The van der Waals surface area contributed by atoms with Crippen LogP contribution in [0.1, 0.15) is 17.0 Å². The first-order valence-electron chi connectivity index (χ1n) is 4.23. The molecule has 4 N–H and O–H groups in total. The zero-order valence-electron chi connectivity index (χ0n) is 6.92. The lowest BCUT2D eigenvalue weighted by Crippen LogP contribution is -2.21. The van der Waals surface area contributed by atoms with Gasteiger partial charge in [-0.3, -0.25) is 0 Å². The lowest BCUT2D eigenvalue weighted by Gasteiger charge is -2.18. The Bertz CT molecular complexity index is 282. The largest absolute Gasteiger partial charge is 0.375 e. The molecule has 0 fully saturated rings. The minimum Gasteiger partial charge on any atom is -0.375 e. The summed E-state index contributed by atoms with van der Waals surface area (Å²) in [5.74, 6) is 0.650. The highest BCUT2D eigenvalue weighted by Gasteiger charge is 2.20. The number of aryl methyl sites for hydroxylation is 1. The maximum Gasteiger partial charge on any atom is 0.180 e. The zero-order chi connectivity index (χ0) is 8.55. The number of fused-ring (bicyclic) bond motifs is 1. The van der Waals surface area contributed by atoms with Crippen molar-refractivity contribution < 1.29 is 0 Å². The second-order valence-corrected chi connectivity index (χ2v) is 4.38. The summed E-state index contributed by atoms with van der Waals surface area (Å²) in [7, 11) is 0. The van der Waals surface area contributed by atoms with Gasteiger partial charge in [-0.2, -0.15) is 0 Å². The van der Waals surface area contributed by atoms with E-state index in [4.69, 9.17) is 11.5 Å². The van der Waals surface area contributed by atoms with Crippen LogP contribution in [-0.2, 0) is 12.8 Å². The minimum absolute atomic E-state index is 0.650. The molecule has 1 aromatic rings. The molecular formula is C8H13N3S. The Morgan fingerprint density at radius 2 is 2.42 bits per heavy atom. The average molecular weight is 183 g/mol. The molecule has 0 aromatic carbocycles. The molecular weight excluding hydrogens is 170 g/mol. The fourth-order valence-electron chi connectivity index (χ4n) is 1.66. The SMILES string of the molecule is NC[C@H]1CCc2nc(N)sc2C1. The molecule has 0 aliphatic heterocycles. The van der Waals surface area contributed by atoms with E-state index in [1.165, 1.54) is 17.0 Å². The smallest absolute Gasteiger partial charge is 0.180 e. The molecule has 1 heterocycles. The van der Waals surface area contributed by atoms with Crippen molar-refractivity contribution in [2.45, 2.75) is 19.3 Å². The lowest BCUT2D eigenvalue weighted by molar-refractivity contribution is 0.470. The van der Waals surface area contributed by atoms with Gasteiger partial charge in [0.25, 0.3) is 0 Å². The van der Waals surface area contributed by atoms with E-state index >= 15 is 0 Å². The Kier molecular flexibility index (Phi) is 2.02. The van der Waals surface area contributed by atoms with Gasteiger partial charge in [0.05, 0.1) is 5.69 Å². The van der Waals surface area contributed by atoms with Gasteiger partial charge in [0.2, 0.25) is 0 Å². The van der Waals surface area contributed by atoms with Gasteiger partial charge in [-0.1, -0.05) is 0 Å². The summed E-state index contributed by atoms with van der Waals surface area (Å²) in [5, 5.41) is 0.706. The molecule has 1 aliphatic rings. The fourth-order valence-corrected chi connectivity index (χ4v) is 2.66. The van der Waals surface area contributed by atoms with E-state index < -0.39 is 0 Å². The molecule has 0 radical (unpaired) electrons. The summed E-state index contributed by atoms with van der Waals surface area (Å²) >= 11 is 1.62. The Balaban J connectivity index is 2.22. The second-order valence-electron chi connectivity index (χ2n) is 3.27. The van der Waals surface area contributed by atoms with Gasteiger partial charge in [0.15, 0.2) is 5.13 Å². The Morgan fingerprint density at radius 3 is 3.17 bits per heavy atom. The van der Waals surface area contributed by atoms with E-state index in [0.29, 0.717) is 11.0 Å². The van der Waals surface area contributed by atoms with Crippen LogP contribution in [0.2, 0.25) is 0 Å². The van der Waals surface area contributed by atoms with Crippen molar-refractivity contribution in [1.82, 2.24) is 4.98 Å². The van der Waals surface area contributed by atoms with Crippen molar-refractivity contribution in [2.24, 2.45) is 11.7 Å². The van der Waals surface area contributed by atoms with E-state index in [1.54, 1.807) is 11.3 Å². The van der Waals surface area contributed by atoms with Gasteiger partial charge in [-0.05, 0) is 31.7 Å². The van der Waals surface area contributed by atoms with Gasteiger partial charge in [0.1, 0.15) is 0 Å². The number of aromatic nitrogens is 1. The van der Waals surface area contributed by atoms with Crippen LogP contribution in [0, 0.1) is 5.92 Å². The van der Waals surface area contributed by atoms with Crippen LogP contribution >= 0.6 is 11.3 Å². The van der Waals surface area contributed by atoms with Crippen LogP contribution in [0.4, 0.5) is 5.13 Å². The topological polar surface area (TPSA) is 64.9 Å². The third kappa shape index (κ3) is 1.32. The van der Waals surface area contributed by atoms with Crippen LogP contribution < -0.4 is 11.5 Å². The minimum atomic E-state index is 0.650. The van der Waals surface area contributed by atoms with Crippen molar-refractivity contribution in [3.8, 4) is 0 Å². The van der Waals surface area contributed by atoms with Crippen molar-refractivity contribution >= 4 is 16.5 Å². The molecule has 0 bridgehead atoms. The number of hydrogen-bond acceptors (Lipinski definition) is 4. The Labute approximate surface area is 75.8 Å². The number of hydrogen-bond donors (Lipinski definition) is 2. The van der Waals surface area contributed by atoms with Gasteiger partial charge in [-0.25, -0.2) is 4.98 Å². The van der Waals surface area contributed by atoms with E-state index in [0.717, 1.165) is 19.4 Å². The first-order chi connectivity index (χ1) is 5.79. The van der Waals surface area contributed by atoms with E-state index in [-0.39, 0.29) is 0 Å². The first kappa shape index (κ1) is 8.01. The van der Waals surface area contributed by atoms with E-state index in [2.05, 4.69) is 4.98 Å². The Morgan fingerprint density at radius 1 is 1.58 bits per heavy atom. The summed E-state index contributed by atoms with van der Waals surface area (Å²) in [6.07, 6.45) is 3.32. The molecule has 3 nitrogen and oxygen atoms in total. The number of anilines is 1. The monoisotopic (exact) mass is 183 g/mol. The fraction of sp³-hybridized carbons (Fsp3) is 0.625. The zero-order valence-corrected chi connectivity index (χ0v) is 7.73. The van der Waals surface area contributed by atoms with E-state index in [9.17, 15) is 0 Å². The van der Waals surface area contributed by atoms with Crippen molar-refractivity contribution in [3.05, 3.63) is 10.6 Å². The van der Waals surface area contributed by atoms with Crippen molar-refractivity contribution in [3.63, 3.8) is 0 Å². The summed E-state index contributed by atoms with van der Waals surface area (Å²) < 4.78 is 0. The summed E-state index contributed by atoms with van der Waals surface area (Å²) in [5.41, 5.74) is 12.5. The molecule has 1 aromatic heterocycles. The first-order valence-corrected chi connectivity index (χ1v) is 5.05. The maximum atomic E-state index is 5.62. The van der Waals surface area contributed by atoms with Gasteiger partial charge < -0.3 is 11.5 Å². The third-order valence-corrected chi connectivity index (χ3v) is 3.34. The molecule has 1 atom stereocenters. The standard InChI is InChI=1S/C8H13N3S/c9-4-5-1-2-6-7(3-5)12-8(10)11-6/h5H,1-4,9H2,(H2,10,11)/t5-/m0/s1. The van der Waals surface area contributed by atoms with Crippen molar-refractivity contribution in [2.75, 3.05) is 12.3 Å². The predicted octanol–water partition coefficient (Wildman–Crippen LogP) is 0.789. The van der Waals surface area contributed by atoms with Crippen LogP contribution in [0.3, 0.4) is 0 Å². The number of nitrogen functional groups attached to an aromatic ring is 1. The molecule has 0 spiro atoms. The van der Waals surface area contributed by atoms with Gasteiger partial charge in [0, 0.05) is 4.88 Å². The molecule has 2 rings (SSSR count). The molecule has 0 saturated heterocycles. The molecule has 66 valence electrons. The number of thiazole rings is 1. The summed E-state index contributed by atoms with van der Waals surface area (Å²) in [6, 6.07) is 0. The molecule has 1 aliphatic carbocycles. The quantitative estimate of drug-likeness (QED) is 0.676. The number of nitrogens with zero attached hydrogens (tertiary/aromatic N) is 1. The summed E-state index contributed by atoms with van der Waals surface area (Å²) in [4.78, 5) is 5.63. The normalized spacial score (nSPS) is 22.2. The van der Waals surface area contributed by atoms with Crippen LogP contribution in [-0.4, -0.2) is 11.5 Å². The number of rotatable bonds is 1. The molecule has 0 amide bonds. The molecule has 4 heteroatoms. The van der Waals surface area contributed by atoms with Crippen LogP contribution in [0.25, 0.3) is 0 Å². The second kappa shape index (κ2) is 3.03. The molecule has 0 saturated carbocycles. The van der Waals surface area contributed by atoms with Crippen molar-refractivity contribution in [1.29, 1.82) is 0 Å². The Hall–Kier alpha value is -0.610. The third-order valence-electron chi connectivity index (χ3n) is 2.39. The predicted molar refractivity (Wildman–Crippen MR) is 51.1 cm³/mol. The maximum absolute atomic E-state index is 5.62. The van der Waals surface area contributed by atoms with Crippen LogP contribution in [0.15, 0.2) is 0 Å². The summed E-state index contributed by atoms with van der Waals surface area (Å²) in [6.45, 7) is 0.789. The highest BCUT2D eigenvalue weighted by Crippen LogP contribution is 2.30. The average Bonchev–Trinajstić information content (AvgIpc) is 2.43. The highest BCUT2D eigenvalue weighted by atomic mass is 32.1.